The zero-order valence-corrected chi connectivity index (χ0v) is 22.0. The van der Waals surface area contributed by atoms with Crippen molar-refractivity contribution in [2.24, 2.45) is 28.4 Å². The first-order valence-electron chi connectivity index (χ1n) is 14.2. The number of fused-ring (bicyclic) bond motifs is 5. The highest BCUT2D eigenvalue weighted by molar-refractivity contribution is 5.28. The van der Waals surface area contributed by atoms with Gasteiger partial charge in [0.2, 0.25) is 0 Å². The van der Waals surface area contributed by atoms with Crippen molar-refractivity contribution in [1.82, 2.24) is 4.90 Å². The summed E-state index contributed by atoms with van der Waals surface area (Å²) in [6, 6.07) is 3.77. The number of ether oxygens (including phenoxy) is 1. The van der Waals surface area contributed by atoms with Gasteiger partial charge in [-0.25, -0.2) is 4.79 Å². The van der Waals surface area contributed by atoms with Crippen LogP contribution in [0.5, 0.6) is 0 Å². The molecule has 0 bridgehead atoms. The number of aliphatic hydroxyl groups is 2. The molecule has 1 saturated heterocycles. The molecule has 1 aromatic heterocycles. The zero-order valence-electron chi connectivity index (χ0n) is 22.0. The minimum atomic E-state index is -0.754. The van der Waals surface area contributed by atoms with E-state index in [9.17, 15) is 15.0 Å². The molecule has 0 spiro atoms. The predicted octanol–water partition coefficient (Wildman–Crippen LogP) is 3.02. The molecule has 1 aliphatic heterocycles. The molecule has 5 fully saturated rings. The van der Waals surface area contributed by atoms with E-state index in [0.717, 1.165) is 83.0 Å². The molecule has 4 aliphatic carbocycles. The lowest BCUT2D eigenvalue weighted by molar-refractivity contribution is -0.251. The summed E-state index contributed by atoms with van der Waals surface area (Å²) in [7, 11) is 0. The van der Waals surface area contributed by atoms with E-state index >= 15 is 0 Å². The maximum atomic E-state index is 12.4. The molecule has 0 aromatic carbocycles. The number of hydrogen-bond donors (Lipinski definition) is 3. The molecule has 5 aliphatic rings. The molecule has 0 radical (unpaired) electrons. The molecular weight excluding hydrogens is 456 g/mol. The van der Waals surface area contributed by atoms with Gasteiger partial charge in [-0.05, 0) is 92.6 Å². The van der Waals surface area contributed by atoms with Gasteiger partial charge in [0, 0.05) is 37.2 Å². The first kappa shape index (κ1) is 25.1. The highest BCUT2D eigenvalue weighted by Crippen LogP contribution is 2.71. The Kier molecular flexibility index (Phi) is 6.01. The summed E-state index contributed by atoms with van der Waals surface area (Å²) in [5, 5.41) is 24.7. The Morgan fingerprint density at radius 3 is 2.56 bits per heavy atom. The van der Waals surface area contributed by atoms with Crippen LogP contribution in [0.3, 0.4) is 0 Å². The standard InChI is InChI=1S/C29H44N2O5/c1-26-9-5-20(31-13-14-35-21(16-30)17-31)15-28(26,33)11-7-24-23(26)6-10-27(2)22(8-12-29(24,27)34)19-3-4-25(32)36-18-19/h3-4,18,20-24,33-34H,5-17,30H2,1-2H3/t20-,21-,22+,23-,24+,26+,27+,28-,29-/m0/s1. The van der Waals surface area contributed by atoms with Crippen LogP contribution in [0, 0.1) is 22.7 Å². The Morgan fingerprint density at radius 1 is 1.03 bits per heavy atom. The molecule has 2 heterocycles. The molecule has 4 N–H and O–H groups in total. The van der Waals surface area contributed by atoms with Gasteiger partial charge >= 0.3 is 5.63 Å². The van der Waals surface area contributed by atoms with Gasteiger partial charge in [-0.3, -0.25) is 4.90 Å². The molecule has 200 valence electrons. The van der Waals surface area contributed by atoms with Gasteiger partial charge in [0.15, 0.2) is 0 Å². The summed E-state index contributed by atoms with van der Waals surface area (Å²) < 4.78 is 11.0. The van der Waals surface area contributed by atoms with Crippen molar-refractivity contribution in [3.05, 3.63) is 34.4 Å². The molecule has 4 saturated carbocycles. The van der Waals surface area contributed by atoms with Crippen molar-refractivity contribution in [3.63, 3.8) is 0 Å². The van der Waals surface area contributed by atoms with Crippen LogP contribution in [0.1, 0.15) is 83.1 Å². The van der Waals surface area contributed by atoms with Crippen LogP contribution >= 0.6 is 0 Å². The summed E-state index contributed by atoms with van der Waals surface area (Å²) in [6.07, 6.45) is 9.89. The van der Waals surface area contributed by atoms with Crippen molar-refractivity contribution < 1.29 is 19.4 Å². The van der Waals surface area contributed by atoms with Crippen molar-refractivity contribution >= 4 is 0 Å². The predicted molar refractivity (Wildman–Crippen MR) is 137 cm³/mol. The van der Waals surface area contributed by atoms with Gasteiger partial charge in [0.05, 0.1) is 30.2 Å². The van der Waals surface area contributed by atoms with Crippen LogP contribution in [0.4, 0.5) is 0 Å². The summed E-state index contributed by atoms with van der Waals surface area (Å²) in [6.45, 7) is 7.63. The Hall–Kier alpha value is -1.25. The topological polar surface area (TPSA) is 109 Å². The van der Waals surface area contributed by atoms with Crippen LogP contribution in [-0.4, -0.2) is 64.7 Å². The quantitative estimate of drug-likeness (QED) is 0.585. The molecule has 0 unspecified atom stereocenters. The average Bonchev–Trinajstić information content (AvgIpc) is 3.16. The number of morpholine rings is 1. The van der Waals surface area contributed by atoms with E-state index in [-0.39, 0.29) is 34.4 Å². The van der Waals surface area contributed by atoms with Gasteiger partial charge in [0.25, 0.3) is 0 Å². The van der Waals surface area contributed by atoms with Crippen molar-refractivity contribution in [2.45, 2.75) is 101 Å². The number of rotatable bonds is 3. The Labute approximate surface area is 214 Å². The minimum Gasteiger partial charge on any atom is -0.431 e. The zero-order chi connectivity index (χ0) is 25.3. The molecule has 6 rings (SSSR count). The smallest absolute Gasteiger partial charge is 0.335 e. The number of hydrogen-bond acceptors (Lipinski definition) is 7. The molecule has 7 nitrogen and oxygen atoms in total. The third-order valence-electron chi connectivity index (χ3n) is 12.0. The third-order valence-corrected chi connectivity index (χ3v) is 12.0. The first-order valence-corrected chi connectivity index (χ1v) is 14.2. The lowest BCUT2D eigenvalue weighted by atomic mass is 9.41. The van der Waals surface area contributed by atoms with E-state index in [4.69, 9.17) is 14.9 Å². The first-order chi connectivity index (χ1) is 17.1. The van der Waals surface area contributed by atoms with Crippen LogP contribution < -0.4 is 11.4 Å². The van der Waals surface area contributed by atoms with E-state index in [1.54, 1.807) is 6.26 Å². The van der Waals surface area contributed by atoms with E-state index in [2.05, 4.69) is 18.7 Å². The van der Waals surface area contributed by atoms with Crippen LogP contribution in [0.25, 0.3) is 0 Å². The van der Waals surface area contributed by atoms with Gasteiger partial charge < -0.3 is 25.1 Å². The fraction of sp³-hybridized carbons (Fsp3) is 0.828. The normalized spacial score (nSPS) is 49.2. The van der Waals surface area contributed by atoms with Crippen molar-refractivity contribution in [2.75, 3.05) is 26.2 Å². The second-order valence-corrected chi connectivity index (χ2v) is 13.2. The van der Waals surface area contributed by atoms with Crippen molar-refractivity contribution in [1.29, 1.82) is 0 Å². The van der Waals surface area contributed by atoms with E-state index in [1.807, 2.05) is 6.07 Å². The van der Waals surface area contributed by atoms with Gasteiger partial charge in [-0.15, -0.1) is 0 Å². The fourth-order valence-electron chi connectivity index (χ4n) is 9.83. The second kappa shape index (κ2) is 8.63. The maximum Gasteiger partial charge on any atom is 0.335 e. The highest BCUT2D eigenvalue weighted by Gasteiger charge is 2.70. The lowest BCUT2D eigenvalue weighted by Gasteiger charge is -2.66. The largest absolute Gasteiger partial charge is 0.431 e. The summed E-state index contributed by atoms with van der Waals surface area (Å²) in [5.41, 5.74) is 4.73. The van der Waals surface area contributed by atoms with E-state index < -0.39 is 11.2 Å². The molecule has 7 heteroatoms. The monoisotopic (exact) mass is 500 g/mol. The van der Waals surface area contributed by atoms with Crippen molar-refractivity contribution in [3.8, 4) is 0 Å². The fourth-order valence-corrected chi connectivity index (χ4v) is 9.83. The number of nitrogens with two attached hydrogens (primary N) is 1. The van der Waals surface area contributed by atoms with E-state index in [1.165, 1.54) is 6.07 Å². The van der Waals surface area contributed by atoms with Gasteiger partial charge in [-0.1, -0.05) is 13.8 Å². The number of nitrogens with zero attached hydrogens (tertiary/aromatic N) is 1. The summed E-state index contributed by atoms with van der Waals surface area (Å²) >= 11 is 0. The minimum absolute atomic E-state index is 0.0932. The lowest BCUT2D eigenvalue weighted by Crippen LogP contribution is -2.68. The highest BCUT2D eigenvalue weighted by atomic mass is 16.5. The average molecular weight is 501 g/mol. The van der Waals surface area contributed by atoms with Crippen LogP contribution in [0.2, 0.25) is 0 Å². The summed E-state index contributed by atoms with van der Waals surface area (Å²) in [4.78, 5) is 14.1. The molecule has 1 aromatic rings. The summed E-state index contributed by atoms with van der Waals surface area (Å²) in [5.74, 6) is 0.710. The molecule has 9 atom stereocenters. The van der Waals surface area contributed by atoms with Crippen LogP contribution in [-0.2, 0) is 4.74 Å². The van der Waals surface area contributed by atoms with E-state index in [0.29, 0.717) is 18.5 Å². The Morgan fingerprint density at radius 2 is 1.81 bits per heavy atom. The SMILES string of the molecule is C[C@]12CC[C@H](N3CCO[C@@H](CN)C3)C[C@@]1(O)CC[C@@H]1[C@@H]2CC[C@]2(C)[C@@H](c3ccc(=O)oc3)CC[C@]12O. The molecule has 36 heavy (non-hydrogen) atoms. The Bertz CT molecular complexity index is 1030. The Balaban J connectivity index is 1.24. The van der Waals surface area contributed by atoms with Gasteiger partial charge in [-0.2, -0.15) is 0 Å². The van der Waals surface area contributed by atoms with Gasteiger partial charge in [0.1, 0.15) is 0 Å². The molecular formula is C29H44N2O5. The third kappa shape index (κ3) is 3.46. The maximum absolute atomic E-state index is 12.4. The molecule has 0 amide bonds. The second-order valence-electron chi connectivity index (χ2n) is 13.2. The van der Waals surface area contributed by atoms with Crippen LogP contribution in [0.15, 0.2) is 27.6 Å².